The van der Waals surface area contributed by atoms with E-state index in [0.717, 1.165) is 6.07 Å². The molecule has 20 heavy (non-hydrogen) atoms. The second kappa shape index (κ2) is 5.50. The molecule has 0 fully saturated rings. The monoisotopic (exact) mass is 335 g/mol. The van der Waals surface area contributed by atoms with Gasteiger partial charge in [-0.25, -0.2) is 0 Å². The highest BCUT2D eigenvalue weighted by molar-refractivity contribution is 9.10. The average Bonchev–Trinajstić information content (AvgIpc) is 2.86. The molecule has 0 aliphatic heterocycles. The summed E-state index contributed by atoms with van der Waals surface area (Å²) in [6, 6.07) is 5.67. The van der Waals surface area contributed by atoms with Crippen molar-refractivity contribution in [1.82, 2.24) is 10.2 Å². The molecule has 1 amide bonds. The van der Waals surface area contributed by atoms with E-state index in [2.05, 4.69) is 31.4 Å². The fourth-order valence-corrected chi connectivity index (χ4v) is 1.87. The van der Waals surface area contributed by atoms with Gasteiger partial charge in [0, 0.05) is 16.6 Å². The normalized spacial score (nSPS) is 9.80. The Kier molecular flexibility index (Phi) is 3.76. The number of carbonyl (C=O) groups is 1. The number of aromatic amines is 1. The van der Waals surface area contributed by atoms with E-state index in [1.54, 1.807) is 0 Å². The lowest BCUT2D eigenvalue weighted by atomic mass is 10.2. The maximum Gasteiger partial charge on any atom is 0.270 e. The van der Waals surface area contributed by atoms with Crippen LogP contribution in [0.5, 0.6) is 0 Å². The van der Waals surface area contributed by atoms with Gasteiger partial charge >= 0.3 is 0 Å². The molecule has 2 N–H and O–H groups in total. The number of nitrogens with one attached hydrogen (secondary N) is 2. The van der Waals surface area contributed by atoms with Crippen LogP contribution in [-0.2, 0) is 0 Å². The van der Waals surface area contributed by atoms with Crippen LogP contribution in [0.15, 0.2) is 28.9 Å². The molecule has 0 unspecified atom stereocenters. The van der Waals surface area contributed by atoms with E-state index in [9.17, 15) is 14.9 Å². The Morgan fingerprint density at radius 2 is 2.30 bits per heavy atom. The second-order valence-electron chi connectivity index (χ2n) is 3.65. The molecule has 2 aromatic rings. The van der Waals surface area contributed by atoms with Gasteiger partial charge in [0.25, 0.3) is 11.6 Å². The summed E-state index contributed by atoms with van der Waals surface area (Å²) in [7, 11) is 0. The first kappa shape index (κ1) is 13.7. The summed E-state index contributed by atoms with van der Waals surface area (Å²) < 4.78 is 0.402. The summed E-state index contributed by atoms with van der Waals surface area (Å²) in [5.41, 5.74) is 0.0426. The first-order valence-corrected chi connectivity index (χ1v) is 6.01. The van der Waals surface area contributed by atoms with Gasteiger partial charge < -0.3 is 5.32 Å². The van der Waals surface area contributed by atoms with Crippen LogP contribution in [0.3, 0.4) is 0 Å². The zero-order valence-electron chi connectivity index (χ0n) is 9.75. The summed E-state index contributed by atoms with van der Waals surface area (Å²) in [6.07, 6.45) is 1.26. The highest BCUT2D eigenvalue weighted by Crippen LogP contribution is 2.23. The fraction of sp³-hybridized carbons (Fsp3) is 0. The molecular formula is C11H6BrN5O3. The van der Waals surface area contributed by atoms with E-state index in [0.29, 0.717) is 4.47 Å². The van der Waals surface area contributed by atoms with E-state index in [-0.39, 0.29) is 22.6 Å². The van der Waals surface area contributed by atoms with Crippen molar-refractivity contribution in [3.05, 3.63) is 50.1 Å². The predicted octanol–water partition coefficient (Wildman–Crippen LogP) is 2.20. The first-order chi connectivity index (χ1) is 9.52. The number of hydrogen-bond donors (Lipinski definition) is 2. The van der Waals surface area contributed by atoms with Gasteiger partial charge in [-0.15, -0.1) is 0 Å². The number of nitriles is 1. The van der Waals surface area contributed by atoms with Gasteiger partial charge in [0.05, 0.1) is 16.7 Å². The third-order valence-corrected chi connectivity index (χ3v) is 3.10. The summed E-state index contributed by atoms with van der Waals surface area (Å²) in [6.45, 7) is 0. The average molecular weight is 336 g/mol. The van der Waals surface area contributed by atoms with Crippen molar-refractivity contribution in [2.24, 2.45) is 0 Å². The second-order valence-corrected chi connectivity index (χ2v) is 4.50. The van der Waals surface area contributed by atoms with Crippen molar-refractivity contribution in [2.75, 3.05) is 5.32 Å². The lowest BCUT2D eigenvalue weighted by molar-refractivity contribution is -0.384. The summed E-state index contributed by atoms with van der Waals surface area (Å²) in [5, 5.41) is 28.0. The van der Waals surface area contributed by atoms with Crippen LogP contribution in [-0.4, -0.2) is 21.0 Å². The number of H-pyrrole nitrogens is 1. The van der Waals surface area contributed by atoms with E-state index in [1.807, 2.05) is 6.07 Å². The molecule has 0 radical (unpaired) electrons. The molecule has 1 aromatic carbocycles. The molecule has 0 bridgehead atoms. The molecule has 9 heteroatoms. The lowest BCUT2D eigenvalue weighted by Crippen LogP contribution is -2.14. The van der Waals surface area contributed by atoms with Crippen molar-refractivity contribution in [1.29, 1.82) is 5.26 Å². The van der Waals surface area contributed by atoms with Crippen LogP contribution in [0.25, 0.3) is 0 Å². The van der Waals surface area contributed by atoms with Crippen LogP contribution in [0, 0.1) is 21.4 Å². The number of anilines is 1. The highest BCUT2D eigenvalue weighted by Gasteiger charge is 2.17. The van der Waals surface area contributed by atoms with Crippen molar-refractivity contribution in [3.8, 4) is 6.07 Å². The molecule has 0 saturated carbocycles. The summed E-state index contributed by atoms with van der Waals surface area (Å²) in [5.74, 6) is -0.461. The molecule has 100 valence electrons. The number of amides is 1. The van der Waals surface area contributed by atoms with Crippen molar-refractivity contribution >= 4 is 33.3 Å². The number of rotatable bonds is 3. The van der Waals surface area contributed by atoms with E-state index < -0.39 is 10.8 Å². The molecule has 1 aromatic heterocycles. The Labute approximate surface area is 120 Å². The maximum absolute atomic E-state index is 12.1. The van der Waals surface area contributed by atoms with Crippen LogP contribution in [0.1, 0.15) is 15.9 Å². The number of hydrogen-bond acceptors (Lipinski definition) is 5. The van der Waals surface area contributed by atoms with Gasteiger partial charge in [0.2, 0.25) is 0 Å². The number of halogens is 1. The van der Waals surface area contributed by atoms with Gasteiger partial charge in [-0.05, 0) is 22.0 Å². The number of nitrogens with zero attached hydrogens (tertiary/aromatic N) is 3. The molecule has 0 aliphatic carbocycles. The Morgan fingerprint density at radius 3 is 2.95 bits per heavy atom. The van der Waals surface area contributed by atoms with E-state index in [4.69, 9.17) is 5.26 Å². The largest absolute Gasteiger partial charge is 0.306 e. The van der Waals surface area contributed by atoms with Crippen LogP contribution in [0.4, 0.5) is 11.5 Å². The third kappa shape index (κ3) is 2.65. The minimum atomic E-state index is -0.597. The number of nitro benzene ring substituents is 1. The molecule has 0 saturated heterocycles. The number of non-ortho nitro benzene ring substituents is 1. The van der Waals surface area contributed by atoms with E-state index in [1.165, 1.54) is 18.3 Å². The van der Waals surface area contributed by atoms with Gasteiger partial charge in [0.1, 0.15) is 17.5 Å². The van der Waals surface area contributed by atoms with Crippen LogP contribution < -0.4 is 5.32 Å². The smallest absolute Gasteiger partial charge is 0.270 e. The van der Waals surface area contributed by atoms with Gasteiger partial charge in [0.15, 0.2) is 0 Å². The van der Waals surface area contributed by atoms with Gasteiger partial charge in [-0.1, -0.05) is 0 Å². The standard InChI is InChI=1S/C11H6BrN5O3/c12-9-2-1-7(17(19)20)3-8(9)11(18)15-10-6(4-13)5-14-16-10/h1-3,5H,(H2,14,15,16,18). The zero-order chi connectivity index (χ0) is 14.7. The fourth-order valence-electron chi connectivity index (χ4n) is 1.45. The zero-order valence-corrected chi connectivity index (χ0v) is 11.3. The quantitative estimate of drug-likeness (QED) is 0.657. The van der Waals surface area contributed by atoms with Crippen LogP contribution >= 0.6 is 15.9 Å². The third-order valence-electron chi connectivity index (χ3n) is 2.40. The Bertz CT molecular complexity index is 734. The Balaban J connectivity index is 2.32. The topological polar surface area (TPSA) is 125 Å². The number of benzene rings is 1. The van der Waals surface area contributed by atoms with Gasteiger partial charge in [-0.2, -0.15) is 10.4 Å². The lowest BCUT2D eigenvalue weighted by Gasteiger charge is -2.05. The molecule has 0 spiro atoms. The molecular weight excluding hydrogens is 330 g/mol. The maximum atomic E-state index is 12.1. The minimum absolute atomic E-state index is 0.0812. The predicted molar refractivity (Wildman–Crippen MR) is 72.1 cm³/mol. The molecule has 8 nitrogen and oxygen atoms in total. The van der Waals surface area contributed by atoms with Crippen molar-refractivity contribution in [2.45, 2.75) is 0 Å². The number of carbonyl (C=O) groups excluding carboxylic acids is 1. The van der Waals surface area contributed by atoms with Crippen molar-refractivity contribution < 1.29 is 9.72 Å². The summed E-state index contributed by atoms with van der Waals surface area (Å²) in [4.78, 5) is 22.2. The van der Waals surface area contributed by atoms with Crippen LogP contribution in [0.2, 0.25) is 0 Å². The van der Waals surface area contributed by atoms with E-state index >= 15 is 0 Å². The SMILES string of the molecule is N#Cc1cn[nH]c1NC(=O)c1cc([N+](=O)[O-])ccc1Br. The van der Waals surface area contributed by atoms with Crippen molar-refractivity contribution in [3.63, 3.8) is 0 Å². The minimum Gasteiger partial charge on any atom is -0.306 e. The Hall–Kier alpha value is -2.73. The molecule has 1 heterocycles. The number of nitro groups is 1. The summed E-state index contributed by atoms with van der Waals surface area (Å²) >= 11 is 3.15. The number of aromatic nitrogens is 2. The van der Waals surface area contributed by atoms with Gasteiger partial charge in [-0.3, -0.25) is 20.0 Å². The Morgan fingerprint density at radius 1 is 1.55 bits per heavy atom. The molecule has 0 aliphatic rings. The highest BCUT2D eigenvalue weighted by atomic mass is 79.9. The molecule has 2 rings (SSSR count). The first-order valence-electron chi connectivity index (χ1n) is 5.21. The molecule has 0 atom stereocenters.